The number of hydrogen-bond acceptors (Lipinski definition) is 3. The molecule has 134 valence electrons. The molecule has 0 heterocycles. The first-order chi connectivity index (χ1) is 13.0. The summed E-state index contributed by atoms with van der Waals surface area (Å²) in [6, 6.07) is 21.3. The van der Waals surface area contributed by atoms with Crippen LogP contribution in [0.3, 0.4) is 0 Å². The first-order valence-corrected chi connectivity index (χ1v) is 8.54. The minimum Gasteiger partial charge on any atom is -0.465 e. The van der Waals surface area contributed by atoms with Crippen LogP contribution in [-0.4, -0.2) is 22.1 Å². The Morgan fingerprint density at radius 2 is 1.44 bits per heavy atom. The molecule has 5 heteroatoms. The van der Waals surface area contributed by atoms with Gasteiger partial charge in [0.15, 0.2) is 11.4 Å². The van der Waals surface area contributed by atoms with Crippen LogP contribution in [0.1, 0.15) is 21.5 Å². The lowest BCUT2D eigenvalue weighted by atomic mass is 9.72. The van der Waals surface area contributed by atoms with Crippen LogP contribution >= 0.6 is 0 Å². The number of ketones is 1. The predicted molar refractivity (Wildman–Crippen MR) is 102 cm³/mol. The van der Waals surface area contributed by atoms with Crippen LogP contribution in [0.2, 0.25) is 0 Å². The van der Waals surface area contributed by atoms with Crippen molar-refractivity contribution in [3.63, 3.8) is 0 Å². The maximum Gasteiger partial charge on any atom is 0.409 e. The molecule has 3 aromatic rings. The molecule has 27 heavy (non-hydrogen) atoms. The van der Waals surface area contributed by atoms with Crippen molar-refractivity contribution in [1.82, 2.24) is 0 Å². The number of fused-ring (bicyclic) bond motifs is 3. The maximum absolute atomic E-state index is 13.2. The lowest BCUT2D eigenvalue weighted by molar-refractivity contribution is 0.0293. The van der Waals surface area contributed by atoms with Crippen LogP contribution in [0.15, 0.2) is 72.8 Å². The number of amides is 1. The Morgan fingerprint density at radius 3 is 2.11 bits per heavy atom. The van der Waals surface area contributed by atoms with Crippen molar-refractivity contribution in [2.24, 2.45) is 0 Å². The number of anilines is 1. The number of benzene rings is 3. The zero-order chi connectivity index (χ0) is 19.0. The molecule has 0 spiro atoms. The minimum absolute atomic E-state index is 0.102. The van der Waals surface area contributed by atoms with Gasteiger partial charge in [0.1, 0.15) is 0 Å². The normalized spacial score (nSPS) is 17.7. The van der Waals surface area contributed by atoms with Crippen molar-refractivity contribution < 1.29 is 19.8 Å². The third kappa shape index (κ3) is 2.88. The number of rotatable bonds is 3. The standard InChI is InChI=1S/C22H17NO4/c24-20-18-7-2-1-5-16(18)17-6-3-4-8-19(17)22(20,27)13-14-9-11-15(12-10-14)23-21(25)26/h1-12,23,27H,13H2,(H,25,26). The highest BCUT2D eigenvalue weighted by molar-refractivity contribution is 6.11. The van der Waals surface area contributed by atoms with E-state index in [9.17, 15) is 14.7 Å². The number of aliphatic hydroxyl groups is 1. The second-order valence-corrected chi connectivity index (χ2v) is 6.58. The van der Waals surface area contributed by atoms with E-state index >= 15 is 0 Å². The summed E-state index contributed by atoms with van der Waals surface area (Å²) >= 11 is 0. The fraction of sp³-hybridized carbons (Fsp3) is 0.0909. The number of Topliss-reactive ketones (excluding diaryl/α,β-unsaturated/α-hetero) is 1. The van der Waals surface area contributed by atoms with Gasteiger partial charge in [0.25, 0.3) is 0 Å². The summed E-state index contributed by atoms with van der Waals surface area (Å²) in [7, 11) is 0. The fourth-order valence-corrected chi connectivity index (χ4v) is 3.64. The number of carbonyl (C=O) groups excluding carboxylic acids is 1. The first-order valence-electron chi connectivity index (χ1n) is 8.54. The van der Waals surface area contributed by atoms with Gasteiger partial charge in [-0.3, -0.25) is 10.1 Å². The first kappa shape index (κ1) is 17.0. The molecule has 0 fully saturated rings. The van der Waals surface area contributed by atoms with E-state index < -0.39 is 11.7 Å². The molecule has 4 rings (SSSR count). The van der Waals surface area contributed by atoms with E-state index in [1.165, 1.54) is 0 Å². The summed E-state index contributed by atoms with van der Waals surface area (Å²) in [5, 5.41) is 22.5. The molecular formula is C22H17NO4. The smallest absolute Gasteiger partial charge is 0.409 e. The average molecular weight is 359 g/mol. The van der Waals surface area contributed by atoms with Crippen LogP contribution in [-0.2, 0) is 12.0 Å². The molecular weight excluding hydrogens is 342 g/mol. The third-order valence-electron chi connectivity index (χ3n) is 4.88. The molecule has 1 unspecified atom stereocenters. The van der Waals surface area contributed by atoms with E-state index in [2.05, 4.69) is 5.32 Å². The number of nitrogens with one attached hydrogen (secondary N) is 1. The number of hydrogen-bond donors (Lipinski definition) is 3. The summed E-state index contributed by atoms with van der Waals surface area (Å²) in [4.78, 5) is 23.9. The molecule has 3 N–H and O–H groups in total. The molecule has 0 radical (unpaired) electrons. The van der Waals surface area contributed by atoms with Crippen molar-refractivity contribution in [2.45, 2.75) is 12.0 Å². The van der Waals surface area contributed by atoms with Crippen LogP contribution in [0, 0.1) is 0 Å². The lowest BCUT2D eigenvalue weighted by Crippen LogP contribution is -2.41. The molecule has 0 saturated carbocycles. The highest BCUT2D eigenvalue weighted by atomic mass is 16.4. The van der Waals surface area contributed by atoms with Gasteiger partial charge in [-0.2, -0.15) is 0 Å². The predicted octanol–water partition coefficient (Wildman–Crippen LogP) is 4.07. The van der Waals surface area contributed by atoms with Crippen molar-refractivity contribution >= 4 is 17.6 Å². The van der Waals surface area contributed by atoms with Gasteiger partial charge < -0.3 is 10.2 Å². The van der Waals surface area contributed by atoms with Crippen molar-refractivity contribution in [2.75, 3.05) is 5.32 Å². The van der Waals surface area contributed by atoms with E-state index in [1.54, 1.807) is 42.5 Å². The summed E-state index contributed by atoms with van der Waals surface area (Å²) < 4.78 is 0. The molecule has 0 aliphatic heterocycles. The minimum atomic E-state index is -1.67. The van der Waals surface area contributed by atoms with E-state index in [-0.39, 0.29) is 12.2 Å². The van der Waals surface area contributed by atoms with Gasteiger partial charge in [0.05, 0.1) is 0 Å². The Hall–Kier alpha value is -3.44. The molecule has 0 aromatic heterocycles. The molecule has 1 atom stereocenters. The lowest BCUT2D eigenvalue weighted by Gasteiger charge is -2.34. The van der Waals surface area contributed by atoms with E-state index in [0.717, 1.165) is 16.7 Å². The molecule has 0 saturated heterocycles. The Kier molecular flexibility index (Phi) is 4.01. The average Bonchev–Trinajstić information content (AvgIpc) is 2.68. The van der Waals surface area contributed by atoms with Crippen molar-refractivity contribution in [3.05, 3.63) is 89.5 Å². The molecule has 1 amide bonds. The van der Waals surface area contributed by atoms with Gasteiger partial charge in [0.2, 0.25) is 0 Å². The topological polar surface area (TPSA) is 86.6 Å². The van der Waals surface area contributed by atoms with E-state index in [4.69, 9.17) is 5.11 Å². The van der Waals surface area contributed by atoms with Gasteiger partial charge in [-0.15, -0.1) is 0 Å². The van der Waals surface area contributed by atoms with Crippen LogP contribution < -0.4 is 5.32 Å². The highest BCUT2D eigenvalue weighted by Gasteiger charge is 2.44. The summed E-state index contributed by atoms with van der Waals surface area (Å²) in [6.45, 7) is 0. The largest absolute Gasteiger partial charge is 0.465 e. The SMILES string of the molecule is O=C(O)Nc1ccc(CC2(O)C(=O)c3ccccc3-c3ccccc32)cc1. The molecule has 1 aliphatic rings. The van der Waals surface area contributed by atoms with E-state index in [0.29, 0.717) is 16.8 Å². The molecule has 5 nitrogen and oxygen atoms in total. The maximum atomic E-state index is 13.2. The van der Waals surface area contributed by atoms with Gasteiger partial charge in [0, 0.05) is 17.7 Å². The molecule has 1 aliphatic carbocycles. The zero-order valence-corrected chi connectivity index (χ0v) is 14.3. The Morgan fingerprint density at radius 1 is 0.852 bits per heavy atom. The Balaban J connectivity index is 1.76. The monoisotopic (exact) mass is 359 g/mol. The van der Waals surface area contributed by atoms with Crippen LogP contribution in [0.25, 0.3) is 11.1 Å². The second kappa shape index (κ2) is 6.37. The van der Waals surface area contributed by atoms with Crippen LogP contribution in [0.5, 0.6) is 0 Å². The third-order valence-corrected chi connectivity index (χ3v) is 4.88. The van der Waals surface area contributed by atoms with Gasteiger partial charge >= 0.3 is 6.09 Å². The van der Waals surface area contributed by atoms with Gasteiger partial charge in [-0.1, -0.05) is 60.7 Å². The van der Waals surface area contributed by atoms with Gasteiger partial charge in [-0.25, -0.2) is 4.79 Å². The zero-order valence-electron chi connectivity index (χ0n) is 14.3. The van der Waals surface area contributed by atoms with Crippen molar-refractivity contribution in [3.8, 4) is 11.1 Å². The summed E-state index contributed by atoms with van der Waals surface area (Å²) in [5.41, 5.74) is 2.24. The summed E-state index contributed by atoms with van der Waals surface area (Å²) in [6.07, 6.45) is -1.04. The number of carboxylic acid groups (broad SMARTS) is 1. The Bertz CT molecular complexity index is 1040. The highest BCUT2D eigenvalue weighted by Crippen LogP contribution is 2.43. The van der Waals surface area contributed by atoms with Crippen LogP contribution in [0.4, 0.5) is 10.5 Å². The quantitative estimate of drug-likeness (QED) is 0.658. The molecule has 0 bridgehead atoms. The van der Waals surface area contributed by atoms with Gasteiger partial charge in [-0.05, 0) is 34.4 Å². The number of carbonyl (C=O) groups is 2. The second-order valence-electron chi connectivity index (χ2n) is 6.58. The van der Waals surface area contributed by atoms with E-state index in [1.807, 2.05) is 30.3 Å². The van der Waals surface area contributed by atoms with Crippen molar-refractivity contribution in [1.29, 1.82) is 0 Å². The molecule has 3 aromatic carbocycles. The fourth-order valence-electron chi connectivity index (χ4n) is 3.64. The summed E-state index contributed by atoms with van der Waals surface area (Å²) in [5.74, 6) is -0.329. The Labute approximate surface area is 155 Å².